The maximum Gasteiger partial charge on any atom is 0.223 e. The fourth-order valence-electron chi connectivity index (χ4n) is 1.90. The number of allylic oxidation sites excluding steroid dienone is 2. The van der Waals surface area contributed by atoms with Gasteiger partial charge in [-0.05, 0) is 37.2 Å². The highest BCUT2D eigenvalue weighted by atomic mass is 32.2. The lowest BCUT2D eigenvalue weighted by molar-refractivity contribution is 0.103. The van der Waals surface area contributed by atoms with Crippen LogP contribution in [0.15, 0.2) is 37.8 Å². The van der Waals surface area contributed by atoms with Gasteiger partial charge in [-0.3, -0.25) is 9.59 Å². The molecule has 0 amide bonds. The number of thioether (sulfide) groups is 4. The fourth-order valence-corrected chi connectivity index (χ4v) is 4.60. The number of aromatic nitrogens is 1. The second-order valence-electron chi connectivity index (χ2n) is 4.43. The molecular weight excluding hydrogens is 406 g/mol. The second-order valence-corrected chi connectivity index (χ2v) is 8.21. The number of carbonyl (C=O) groups excluding carboxylic acids is 2. The zero-order valence-electron chi connectivity index (χ0n) is 14.5. The summed E-state index contributed by atoms with van der Waals surface area (Å²) in [6, 6.07) is 8.26. The number of nitriles is 2. The third-order valence-corrected chi connectivity index (χ3v) is 7.34. The largest absolute Gasteiger partial charge is 0.286 e. The number of pyridine rings is 1. The van der Waals surface area contributed by atoms with E-state index in [4.69, 9.17) is 0 Å². The van der Waals surface area contributed by atoms with E-state index in [1.165, 1.54) is 65.2 Å². The third-order valence-electron chi connectivity index (χ3n) is 3.04. The molecule has 0 aliphatic carbocycles. The molecule has 134 valence electrons. The Kier molecular flexibility index (Phi) is 9.60. The van der Waals surface area contributed by atoms with Gasteiger partial charge in [0.1, 0.15) is 34.7 Å². The third kappa shape index (κ3) is 5.18. The molecule has 5 nitrogen and oxygen atoms in total. The van der Waals surface area contributed by atoms with Gasteiger partial charge in [0.2, 0.25) is 11.6 Å². The molecule has 0 N–H and O–H groups in total. The minimum Gasteiger partial charge on any atom is -0.286 e. The molecule has 1 aromatic heterocycles. The Morgan fingerprint density at radius 3 is 1.42 bits per heavy atom. The smallest absolute Gasteiger partial charge is 0.223 e. The van der Waals surface area contributed by atoms with E-state index < -0.39 is 11.6 Å². The highest BCUT2D eigenvalue weighted by Crippen LogP contribution is 2.30. The summed E-state index contributed by atoms with van der Waals surface area (Å²) >= 11 is 5.21. The summed E-state index contributed by atoms with van der Waals surface area (Å²) in [5, 5.41) is 18.7. The second kappa shape index (κ2) is 11.1. The number of hydrogen-bond donors (Lipinski definition) is 0. The Balaban J connectivity index is 3.41. The topological polar surface area (TPSA) is 94.6 Å². The SMILES string of the molecule is CSC(SC)=C(C#N)C(=O)c1cccc(C(=O)C(C#N)=C(SC)SC)n1. The first kappa shape index (κ1) is 22.4. The van der Waals surface area contributed by atoms with Gasteiger partial charge in [0.25, 0.3) is 0 Å². The van der Waals surface area contributed by atoms with Crippen molar-refractivity contribution in [2.24, 2.45) is 0 Å². The van der Waals surface area contributed by atoms with Gasteiger partial charge in [0.05, 0.1) is 8.47 Å². The van der Waals surface area contributed by atoms with Gasteiger partial charge < -0.3 is 0 Å². The van der Waals surface area contributed by atoms with Crippen molar-refractivity contribution < 1.29 is 9.59 Å². The summed E-state index contributed by atoms with van der Waals surface area (Å²) in [5.41, 5.74) is -0.0144. The molecular formula is C17H15N3O2S4. The van der Waals surface area contributed by atoms with Crippen LogP contribution in [-0.2, 0) is 0 Å². The Hall–Kier alpha value is -1.65. The average Bonchev–Trinajstić information content (AvgIpc) is 2.69. The van der Waals surface area contributed by atoms with Crippen LogP contribution in [0.25, 0.3) is 0 Å². The molecule has 0 fully saturated rings. The zero-order chi connectivity index (χ0) is 19.7. The van der Waals surface area contributed by atoms with Crippen LogP contribution in [0.5, 0.6) is 0 Å². The van der Waals surface area contributed by atoms with Crippen molar-refractivity contribution >= 4 is 58.6 Å². The lowest BCUT2D eigenvalue weighted by Crippen LogP contribution is -2.11. The Labute approximate surface area is 169 Å². The molecule has 1 rings (SSSR count). The maximum atomic E-state index is 12.6. The van der Waals surface area contributed by atoms with E-state index in [0.717, 1.165) is 0 Å². The van der Waals surface area contributed by atoms with E-state index in [9.17, 15) is 20.1 Å². The standard InChI is InChI=1S/C17H15N3O2S4/c1-23-16(24-2)10(8-18)14(21)12-6-5-7-13(20-12)15(22)11(9-19)17(25-3)26-4/h5-7H,1-4H3. The molecule has 0 aliphatic rings. The van der Waals surface area contributed by atoms with Gasteiger partial charge in [0, 0.05) is 0 Å². The molecule has 1 aromatic rings. The van der Waals surface area contributed by atoms with Crippen LogP contribution in [0.4, 0.5) is 0 Å². The minimum absolute atomic E-state index is 0.000132. The molecule has 9 heteroatoms. The molecule has 0 saturated carbocycles. The summed E-state index contributed by atoms with van der Waals surface area (Å²) in [4.78, 5) is 29.4. The van der Waals surface area contributed by atoms with Crippen molar-refractivity contribution in [3.63, 3.8) is 0 Å². The van der Waals surface area contributed by atoms with Crippen molar-refractivity contribution in [1.29, 1.82) is 10.5 Å². The average molecular weight is 422 g/mol. The molecule has 0 atom stereocenters. The number of rotatable bonds is 8. The van der Waals surface area contributed by atoms with Gasteiger partial charge in [-0.2, -0.15) is 10.5 Å². The van der Waals surface area contributed by atoms with Crippen molar-refractivity contribution in [3.8, 4) is 12.1 Å². The predicted molar refractivity (Wildman–Crippen MR) is 112 cm³/mol. The van der Waals surface area contributed by atoms with Gasteiger partial charge in [0.15, 0.2) is 0 Å². The molecule has 0 aromatic carbocycles. The van der Waals surface area contributed by atoms with Gasteiger partial charge in [-0.1, -0.05) is 6.07 Å². The van der Waals surface area contributed by atoms with Crippen molar-refractivity contribution in [3.05, 3.63) is 49.2 Å². The van der Waals surface area contributed by atoms with E-state index in [1.54, 1.807) is 25.0 Å². The quantitative estimate of drug-likeness (QED) is 0.344. The number of Topliss-reactive ketones (excluding diaryl/α,β-unsaturated/α-hetero) is 2. The molecule has 0 saturated heterocycles. The Morgan fingerprint density at radius 2 is 1.15 bits per heavy atom. The van der Waals surface area contributed by atoms with Crippen LogP contribution < -0.4 is 0 Å². The molecule has 26 heavy (non-hydrogen) atoms. The Bertz CT molecular complexity index is 784. The number of hydrogen-bond acceptors (Lipinski definition) is 9. The molecule has 0 spiro atoms. The van der Waals surface area contributed by atoms with Crippen LogP contribution in [0, 0.1) is 22.7 Å². The van der Waals surface area contributed by atoms with Gasteiger partial charge in [-0.15, -0.1) is 47.0 Å². The van der Waals surface area contributed by atoms with E-state index in [0.29, 0.717) is 8.47 Å². The van der Waals surface area contributed by atoms with Crippen molar-refractivity contribution in [2.45, 2.75) is 0 Å². The summed E-state index contributed by atoms with van der Waals surface area (Å²) in [7, 11) is 0. The van der Waals surface area contributed by atoms with Crippen LogP contribution in [0.1, 0.15) is 21.0 Å². The number of carbonyl (C=O) groups is 2. The Morgan fingerprint density at radius 1 is 0.808 bits per heavy atom. The monoisotopic (exact) mass is 421 g/mol. The molecule has 0 unspecified atom stereocenters. The predicted octanol–water partition coefficient (Wildman–Crippen LogP) is 4.37. The summed E-state index contributed by atoms with van der Waals surface area (Å²) in [6.07, 6.45) is 7.11. The number of nitrogens with zero attached hydrogens (tertiary/aromatic N) is 3. The van der Waals surface area contributed by atoms with Crippen LogP contribution in [-0.4, -0.2) is 41.6 Å². The van der Waals surface area contributed by atoms with Crippen LogP contribution >= 0.6 is 47.0 Å². The molecule has 0 bridgehead atoms. The highest BCUT2D eigenvalue weighted by Gasteiger charge is 2.22. The summed E-state index contributed by atoms with van der Waals surface area (Å²) < 4.78 is 1.17. The molecule has 0 aliphatic heterocycles. The van der Waals surface area contributed by atoms with Crippen LogP contribution in [0.2, 0.25) is 0 Å². The summed E-state index contributed by atoms with van der Waals surface area (Å²) in [5.74, 6) is -1.09. The first-order chi connectivity index (χ1) is 12.5. The highest BCUT2D eigenvalue weighted by molar-refractivity contribution is 8.22. The van der Waals surface area contributed by atoms with E-state index in [1.807, 2.05) is 12.1 Å². The fraction of sp³-hybridized carbons (Fsp3) is 0.235. The molecule has 1 heterocycles. The zero-order valence-corrected chi connectivity index (χ0v) is 17.8. The van der Waals surface area contributed by atoms with Crippen LogP contribution in [0.3, 0.4) is 0 Å². The van der Waals surface area contributed by atoms with Crippen molar-refractivity contribution in [1.82, 2.24) is 4.98 Å². The van der Waals surface area contributed by atoms with E-state index in [-0.39, 0.29) is 22.5 Å². The number of ketones is 2. The maximum absolute atomic E-state index is 12.6. The normalized spacial score (nSPS) is 9.62. The molecule has 0 radical (unpaired) electrons. The lowest BCUT2D eigenvalue weighted by Gasteiger charge is -2.07. The van der Waals surface area contributed by atoms with Gasteiger partial charge >= 0.3 is 0 Å². The van der Waals surface area contributed by atoms with E-state index in [2.05, 4.69) is 4.98 Å². The lowest BCUT2D eigenvalue weighted by atomic mass is 10.1. The first-order valence-electron chi connectivity index (χ1n) is 7.00. The minimum atomic E-state index is -0.543. The summed E-state index contributed by atoms with van der Waals surface area (Å²) in [6.45, 7) is 0. The van der Waals surface area contributed by atoms with E-state index >= 15 is 0 Å². The first-order valence-corrected chi connectivity index (χ1v) is 11.9. The van der Waals surface area contributed by atoms with Gasteiger partial charge in [-0.25, -0.2) is 4.98 Å². The van der Waals surface area contributed by atoms with Crippen molar-refractivity contribution in [2.75, 3.05) is 25.0 Å².